The lowest BCUT2D eigenvalue weighted by atomic mass is 9.77. The van der Waals surface area contributed by atoms with E-state index in [4.69, 9.17) is 5.26 Å². The van der Waals surface area contributed by atoms with Crippen LogP contribution in [0, 0.1) is 29.1 Å². The average molecular weight is 339 g/mol. The Morgan fingerprint density at radius 1 is 0.846 bits per heavy atom. The summed E-state index contributed by atoms with van der Waals surface area (Å²) in [6.45, 7) is 3.83. The van der Waals surface area contributed by atoms with E-state index in [1.165, 1.54) is 37.7 Å². The number of rotatable bonds is 4. The van der Waals surface area contributed by atoms with Crippen molar-refractivity contribution in [2.24, 2.45) is 5.92 Å². The van der Waals surface area contributed by atoms with E-state index in [1.54, 1.807) is 12.1 Å². The van der Waals surface area contributed by atoms with Crippen LogP contribution >= 0.6 is 0 Å². The van der Waals surface area contributed by atoms with Gasteiger partial charge in [0.05, 0.1) is 11.6 Å². The number of hydrogen-bond acceptors (Lipinski definition) is 1. The maximum absolute atomic E-state index is 8.83. The summed E-state index contributed by atoms with van der Waals surface area (Å²) < 4.78 is 0. The quantitative estimate of drug-likeness (QED) is 0.481. The molecule has 1 aliphatic carbocycles. The van der Waals surface area contributed by atoms with Gasteiger partial charge in [0.25, 0.3) is 0 Å². The first-order chi connectivity index (χ1) is 12.8. The molecule has 1 nitrogen and oxygen atoms in total. The molecule has 0 saturated heterocycles. The highest BCUT2D eigenvalue weighted by Crippen LogP contribution is 2.37. The normalized spacial score (nSPS) is 19.0. The third-order valence-electron chi connectivity index (χ3n) is 5.37. The molecule has 0 bridgehead atoms. The fraction of sp³-hybridized carbons (Fsp3) is 0.320. The molecule has 1 saturated carbocycles. The molecule has 0 aromatic heterocycles. The van der Waals surface area contributed by atoms with E-state index in [9.17, 15) is 0 Å². The first-order valence-electron chi connectivity index (χ1n) is 9.51. The number of benzene rings is 2. The lowest BCUT2D eigenvalue weighted by Crippen LogP contribution is -2.13. The maximum atomic E-state index is 8.83. The van der Waals surface area contributed by atoms with Crippen molar-refractivity contribution in [3.63, 3.8) is 0 Å². The van der Waals surface area contributed by atoms with E-state index < -0.39 is 0 Å². The standard InChI is InChI=1S/C25H25N/c1-2-3-4-20-11-15-24(16-12-20)25-17-13-22(14-18-25)6-5-21-7-9-23(19-26)10-8-21/h2,7-10,13-14,17-18,20,24H,1,3-4,11-12,15-16H2/t20-,24-. The van der Waals surface area contributed by atoms with Gasteiger partial charge in [-0.1, -0.05) is 30.0 Å². The highest BCUT2D eigenvalue weighted by Gasteiger charge is 2.21. The predicted molar refractivity (Wildman–Crippen MR) is 108 cm³/mol. The van der Waals surface area contributed by atoms with Crippen molar-refractivity contribution >= 4 is 0 Å². The van der Waals surface area contributed by atoms with Gasteiger partial charge in [-0.05, 0) is 92.3 Å². The van der Waals surface area contributed by atoms with Gasteiger partial charge >= 0.3 is 0 Å². The van der Waals surface area contributed by atoms with Crippen LogP contribution in [0.1, 0.15) is 66.7 Å². The first-order valence-corrected chi connectivity index (χ1v) is 9.51. The molecule has 2 aromatic rings. The third kappa shape index (κ3) is 4.87. The summed E-state index contributed by atoms with van der Waals surface area (Å²) in [6.07, 6.45) is 9.80. The minimum absolute atomic E-state index is 0.666. The van der Waals surface area contributed by atoms with Crippen LogP contribution in [0.4, 0.5) is 0 Å². The summed E-state index contributed by atoms with van der Waals surface area (Å²) in [7, 11) is 0. The van der Waals surface area contributed by atoms with Crippen LogP contribution in [0.3, 0.4) is 0 Å². The molecule has 0 radical (unpaired) electrons. The largest absolute Gasteiger partial charge is 0.192 e. The Morgan fingerprint density at radius 3 is 1.92 bits per heavy atom. The summed E-state index contributed by atoms with van der Waals surface area (Å²) in [5, 5.41) is 8.83. The monoisotopic (exact) mass is 339 g/mol. The van der Waals surface area contributed by atoms with E-state index in [1.807, 2.05) is 18.2 Å². The molecular weight excluding hydrogens is 314 g/mol. The number of allylic oxidation sites excluding steroid dienone is 1. The Hall–Kier alpha value is -2.77. The highest BCUT2D eigenvalue weighted by atomic mass is 14.3. The molecule has 1 fully saturated rings. The van der Waals surface area contributed by atoms with E-state index >= 15 is 0 Å². The molecule has 1 aliphatic rings. The Balaban J connectivity index is 1.58. The summed E-state index contributed by atoms with van der Waals surface area (Å²) in [5.41, 5.74) is 4.10. The fourth-order valence-corrected chi connectivity index (χ4v) is 3.75. The molecule has 0 spiro atoms. The minimum Gasteiger partial charge on any atom is -0.192 e. The topological polar surface area (TPSA) is 23.8 Å². The third-order valence-corrected chi connectivity index (χ3v) is 5.37. The van der Waals surface area contributed by atoms with Crippen LogP contribution in [0.15, 0.2) is 61.2 Å². The Morgan fingerprint density at radius 2 is 1.38 bits per heavy atom. The van der Waals surface area contributed by atoms with Gasteiger partial charge in [0.2, 0.25) is 0 Å². The van der Waals surface area contributed by atoms with Gasteiger partial charge in [-0.15, -0.1) is 6.58 Å². The van der Waals surface area contributed by atoms with Crippen LogP contribution < -0.4 is 0 Å². The molecular formula is C25H25N. The van der Waals surface area contributed by atoms with Crippen molar-refractivity contribution in [3.05, 3.63) is 83.4 Å². The van der Waals surface area contributed by atoms with E-state index in [-0.39, 0.29) is 0 Å². The van der Waals surface area contributed by atoms with Crippen LogP contribution in [-0.2, 0) is 0 Å². The highest BCUT2D eigenvalue weighted by molar-refractivity contribution is 5.45. The summed E-state index contributed by atoms with van der Waals surface area (Å²) in [4.78, 5) is 0. The number of nitrogens with zero attached hydrogens (tertiary/aromatic N) is 1. The van der Waals surface area contributed by atoms with E-state index in [0.29, 0.717) is 11.5 Å². The van der Waals surface area contributed by atoms with Crippen LogP contribution in [0.25, 0.3) is 0 Å². The van der Waals surface area contributed by atoms with Crippen molar-refractivity contribution < 1.29 is 0 Å². The molecule has 0 aliphatic heterocycles. The average Bonchev–Trinajstić information content (AvgIpc) is 2.72. The van der Waals surface area contributed by atoms with Gasteiger partial charge in [-0.3, -0.25) is 0 Å². The van der Waals surface area contributed by atoms with Crippen LogP contribution in [0.5, 0.6) is 0 Å². The van der Waals surface area contributed by atoms with Gasteiger partial charge in [-0.25, -0.2) is 0 Å². The van der Waals surface area contributed by atoms with Crippen molar-refractivity contribution in [1.29, 1.82) is 5.26 Å². The van der Waals surface area contributed by atoms with Gasteiger partial charge in [0, 0.05) is 11.1 Å². The summed E-state index contributed by atoms with van der Waals surface area (Å²) >= 11 is 0. The second-order valence-electron chi connectivity index (χ2n) is 7.14. The second kappa shape index (κ2) is 9.07. The smallest absolute Gasteiger partial charge is 0.0991 e. The molecule has 130 valence electrons. The van der Waals surface area contributed by atoms with Gasteiger partial charge in [0.15, 0.2) is 0 Å². The van der Waals surface area contributed by atoms with Crippen molar-refractivity contribution in [2.75, 3.05) is 0 Å². The van der Waals surface area contributed by atoms with Gasteiger partial charge < -0.3 is 0 Å². The summed E-state index contributed by atoms with van der Waals surface area (Å²) in [5.74, 6) is 7.98. The zero-order chi connectivity index (χ0) is 18.2. The molecule has 1 heteroatoms. The predicted octanol–water partition coefficient (Wildman–Crippen LogP) is 6.20. The molecule has 0 heterocycles. The summed E-state index contributed by atoms with van der Waals surface area (Å²) in [6, 6.07) is 18.3. The van der Waals surface area contributed by atoms with Crippen molar-refractivity contribution in [3.8, 4) is 17.9 Å². The molecule has 3 rings (SSSR count). The Bertz CT molecular complexity index is 817. The van der Waals surface area contributed by atoms with Crippen LogP contribution in [-0.4, -0.2) is 0 Å². The van der Waals surface area contributed by atoms with E-state index in [2.05, 4.69) is 48.8 Å². The van der Waals surface area contributed by atoms with Crippen molar-refractivity contribution in [1.82, 2.24) is 0 Å². The minimum atomic E-state index is 0.666. The SMILES string of the molecule is C=CCC[C@H]1CC[C@H](c2ccc(C#Cc3ccc(C#N)cc3)cc2)CC1. The molecule has 26 heavy (non-hydrogen) atoms. The number of hydrogen-bond donors (Lipinski definition) is 0. The molecule has 2 aromatic carbocycles. The Labute approximate surface area is 157 Å². The second-order valence-corrected chi connectivity index (χ2v) is 7.14. The van der Waals surface area contributed by atoms with Gasteiger partial charge in [-0.2, -0.15) is 5.26 Å². The van der Waals surface area contributed by atoms with E-state index in [0.717, 1.165) is 23.5 Å². The molecule has 0 unspecified atom stereocenters. The fourth-order valence-electron chi connectivity index (χ4n) is 3.75. The lowest BCUT2D eigenvalue weighted by Gasteiger charge is -2.28. The Kier molecular flexibility index (Phi) is 6.29. The maximum Gasteiger partial charge on any atom is 0.0991 e. The van der Waals surface area contributed by atoms with Crippen LogP contribution in [0.2, 0.25) is 0 Å². The zero-order valence-electron chi connectivity index (χ0n) is 15.2. The zero-order valence-corrected chi connectivity index (χ0v) is 15.2. The molecule has 0 atom stereocenters. The molecule has 0 amide bonds. The number of nitriles is 1. The lowest BCUT2D eigenvalue weighted by molar-refractivity contribution is 0.312. The molecule has 0 N–H and O–H groups in total. The van der Waals surface area contributed by atoms with Crippen molar-refractivity contribution in [2.45, 2.75) is 44.4 Å². The first kappa shape index (κ1) is 18.0. The van der Waals surface area contributed by atoms with Gasteiger partial charge in [0.1, 0.15) is 0 Å².